The van der Waals surface area contributed by atoms with Crippen LogP contribution in [0.25, 0.3) is 16.8 Å². The van der Waals surface area contributed by atoms with Crippen molar-refractivity contribution in [1.82, 2.24) is 19.7 Å². The van der Waals surface area contributed by atoms with Gasteiger partial charge in [-0.2, -0.15) is 5.10 Å². The van der Waals surface area contributed by atoms with Gasteiger partial charge in [0.15, 0.2) is 0 Å². The van der Waals surface area contributed by atoms with Gasteiger partial charge in [-0.15, -0.1) is 0 Å². The Morgan fingerprint density at radius 3 is 2.65 bits per heavy atom. The molecule has 1 aliphatic carbocycles. The number of para-hydroxylation sites is 1. The van der Waals surface area contributed by atoms with Crippen molar-refractivity contribution in [3.63, 3.8) is 0 Å². The summed E-state index contributed by atoms with van der Waals surface area (Å²) in [6.07, 6.45) is 4.86. The highest BCUT2D eigenvalue weighted by atomic mass is 16.5. The number of nitrogens with zero attached hydrogens (tertiary/aromatic N) is 4. The summed E-state index contributed by atoms with van der Waals surface area (Å²) in [5.74, 6) is 5.69. The maximum Gasteiger partial charge on any atom is 0.339 e. The number of ether oxygens (including phenoxy) is 1. The molecule has 2 unspecified atom stereocenters. The van der Waals surface area contributed by atoms with Crippen LogP contribution in [0.4, 0.5) is 0 Å². The van der Waals surface area contributed by atoms with E-state index in [1.54, 1.807) is 17.9 Å². The van der Waals surface area contributed by atoms with Gasteiger partial charge >= 0.3 is 5.97 Å². The van der Waals surface area contributed by atoms with Crippen LogP contribution < -0.4 is 16.3 Å². The molecule has 9 heteroatoms. The Kier molecular flexibility index (Phi) is 7.92. The molecular weight excluding hydrogens is 540 g/mol. The number of carbonyl (C=O) groups is 1. The third-order valence-electron chi connectivity index (χ3n) is 8.46. The van der Waals surface area contributed by atoms with E-state index in [1.807, 2.05) is 18.2 Å². The van der Waals surface area contributed by atoms with Crippen molar-refractivity contribution in [3.8, 4) is 22.6 Å². The van der Waals surface area contributed by atoms with Crippen molar-refractivity contribution in [2.45, 2.75) is 44.8 Å². The first-order valence-corrected chi connectivity index (χ1v) is 14.7. The Morgan fingerprint density at radius 1 is 1.12 bits per heavy atom. The summed E-state index contributed by atoms with van der Waals surface area (Å²) in [5, 5.41) is 15.9. The molecule has 4 aromatic rings. The fraction of sp³-hybridized carbons (Fsp3) is 0.294. The van der Waals surface area contributed by atoms with E-state index in [-0.39, 0.29) is 17.4 Å². The van der Waals surface area contributed by atoms with Crippen LogP contribution in [-0.4, -0.2) is 50.5 Å². The predicted molar refractivity (Wildman–Crippen MR) is 166 cm³/mol. The minimum absolute atomic E-state index is 0.0164. The normalized spacial score (nSPS) is 20.2. The molecule has 1 saturated carbocycles. The number of hydrogen-bond acceptors (Lipinski definition) is 7. The van der Waals surface area contributed by atoms with E-state index in [2.05, 4.69) is 71.5 Å². The Morgan fingerprint density at radius 2 is 1.88 bits per heavy atom. The quantitative estimate of drug-likeness (QED) is 0.185. The first kappa shape index (κ1) is 28.5. The third kappa shape index (κ3) is 6.00. The Balaban J connectivity index is 1.28. The van der Waals surface area contributed by atoms with E-state index in [1.165, 1.54) is 22.3 Å². The first-order chi connectivity index (χ1) is 20.8. The van der Waals surface area contributed by atoms with Gasteiger partial charge in [0.2, 0.25) is 0 Å². The number of carboxylic acids is 1. The number of allylic oxidation sites excluding steroid dienone is 1. The molecule has 1 aliphatic heterocycles. The SMILES string of the molecule is CCC1COc2ccccc2CN1Cc1cccc(-c2cccc(-n3ncc(C(=O)O)c3[C@@H]3CC3/C(N)=C/N(C)N)c2)c1. The summed E-state index contributed by atoms with van der Waals surface area (Å²) >= 11 is 0. The lowest BCUT2D eigenvalue weighted by Crippen LogP contribution is -2.36. The zero-order valence-corrected chi connectivity index (χ0v) is 24.6. The maximum absolute atomic E-state index is 12.1. The van der Waals surface area contributed by atoms with E-state index in [9.17, 15) is 9.90 Å². The molecule has 0 spiro atoms. The molecule has 6 rings (SSSR count). The molecule has 3 atom stereocenters. The van der Waals surface area contributed by atoms with Crippen LogP contribution in [0, 0.1) is 5.92 Å². The van der Waals surface area contributed by atoms with Gasteiger partial charge in [0.05, 0.1) is 17.6 Å². The number of fused-ring (bicyclic) bond motifs is 1. The van der Waals surface area contributed by atoms with Crippen LogP contribution in [0.5, 0.6) is 5.75 Å². The molecule has 43 heavy (non-hydrogen) atoms. The van der Waals surface area contributed by atoms with Gasteiger partial charge in [0.1, 0.15) is 17.9 Å². The number of hydrogen-bond donors (Lipinski definition) is 3. The lowest BCUT2D eigenvalue weighted by molar-refractivity contribution is 0.0695. The average molecular weight is 579 g/mol. The minimum Gasteiger partial charge on any atom is -0.492 e. The van der Waals surface area contributed by atoms with Gasteiger partial charge in [-0.1, -0.05) is 55.5 Å². The molecule has 0 bridgehead atoms. The molecule has 1 fully saturated rings. The second kappa shape index (κ2) is 11.9. The topological polar surface area (TPSA) is 123 Å². The highest BCUT2D eigenvalue weighted by Crippen LogP contribution is 2.51. The number of aromatic nitrogens is 2. The van der Waals surface area contributed by atoms with E-state index in [4.69, 9.17) is 16.3 Å². The lowest BCUT2D eigenvalue weighted by Gasteiger charge is -2.28. The van der Waals surface area contributed by atoms with Gasteiger partial charge in [0.25, 0.3) is 0 Å². The van der Waals surface area contributed by atoms with Crippen molar-refractivity contribution in [1.29, 1.82) is 0 Å². The average Bonchev–Trinajstić information content (AvgIpc) is 3.71. The van der Waals surface area contributed by atoms with Crippen molar-refractivity contribution in [2.75, 3.05) is 13.7 Å². The molecule has 9 nitrogen and oxygen atoms in total. The fourth-order valence-electron chi connectivity index (χ4n) is 6.16. The van der Waals surface area contributed by atoms with E-state index in [0.29, 0.717) is 24.0 Å². The van der Waals surface area contributed by atoms with Crippen LogP contribution in [-0.2, 0) is 13.1 Å². The van der Waals surface area contributed by atoms with Gasteiger partial charge < -0.3 is 20.6 Å². The first-order valence-electron chi connectivity index (χ1n) is 14.7. The smallest absolute Gasteiger partial charge is 0.339 e. The number of hydrazine groups is 1. The standard InChI is InChI=1S/C34H38N6O3/c1-3-26-21-43-32-13-5-4-9-25(32)19-39(26)18-22-8-6-10-23(14-22)24-11-7-12-27(15-24)40-33(30(17-37-40)34(41)42)29-16-28(29)31(35)20-38(2)36/h4-15,17,20,26,28-29H,3,16,18-19,21,35-36H2,1-2H3,(H,41,42)/b31-20-/t26?,28?,29-/m1/s1. The molecule has 5 N–H and O–H groups in total. The van der Waals surface area contributed by atoms with Crippen LogP contribution >= 0.6 is 0 Å². The Labute approximate surface area is 251 Å². The van der Waals surface area contributed by atoms with Crippen LogP contribution in [0.3, 0.4) is 0 Å². The largest absolute Gasteiger partial charge is 0.492 e. The summed E-state index contributed by atoms with van der Waals surface area (Å²) in [4.78, 5) is 14.6. The summed E-state index contributed by atoms with van der Waals surface area (Å²) in [6.45, 7) is 4.53. The van der Waals surface area contributed by atoms with Crippen molar-refractivity contribution in [3.05, 3.63) is 113 Å². The predicted octanol–water partition coefficient (Wildman–Crippen LogP) is 5.12. The summed E-state index contributed by atoms with van der Waals surface area (Å²) in [7, 11) is 1.71. The zero-order chi connectivity index (χ0) is 30.1. The molecule has 1 aromatic heterocycles. The molecule has 0 radical (unpaired) electrons. The number of carboxylic acid groups (broad SMARTS) is 1. The molecule has 2 aliphatic rings. The lowest BCUT2D eigenvalue weighted by atomic mass is 10.0. The van der Waals surface area contributed by atoms with Crippen LogP contribution in [0.15, 0.2) is 90.9 Å². The molecule has 2 heterocycles. The molecule has 0 saturated heterocycles. The number of rotatable bonds is 9. The van der Waals surface area contributed by atoms with Gasteiger partial charge in [-0.3, -0.25) is 4.90 Å². The van der Waals surface area contributed by atoms with Crippen molar-refractivity contribution in [2.24, 2.45) is 17.5 Å². The van der Waals surface area contributed by atoms with E-state index >= 15 is 0 Å². The van der Waals surface area contributed by atoms with Crippen LogP contribution in [0.2, 0.25) is 0 Å². The van der Waals surface area contributed by atoms with Crippen molar-refractivity contribution < 1.29 is 14.6 Å². The summed E-state index contributed by atoms with van der Waals surface area (Å²) in [5.41, 5.74) is 13.1. The third-order valence-corrected chi connectivity index (χ3v) is 8.46. The fourth-order valence-corrected chi connectivity index (χ4v) is 6.16. The molecule has 222 valence electrons. The van der Waals surface area contributed by atoms with Crippen LogP contribution in [0.1, 0.15) is 52.9 Å². The number of benzene rings is 3. The second-order valence-corrected chi connectivity index (χ2v) is 11.5. The van der Waals surface area contributed by atoms with E-state index in [0.717, 1.165) is 48.5 Å². The number of aromatic carboxylic acids is 1. The zero-order valence-electron chi connectivity index (χ0n) is 24.6. The highest BCUT2D eigenvalue weighted by molar-refractivity contribution is 5.89. The van der Waals surface area contributed by atoms with Gasteiger partial charge in [-0.25, -0.2) is 15.3 Å². The molecule has 0 amide bonds. The van der Waals surface area contributed by atoms with Gasteiger partial charge in [0, 0.05) is 55.5 Å². The minimum atomic E-state index is -0.999. The molecule has 3 aromatic carbocycles. The number of nitrogens with two attached hydrogens (primary N) is 2. The maximum atomic E-state index is 12.1. The van der Waals surface area contributed by atoms with Crippen molar-refractivity contribution >= 4 is 5.97 Å². The monoisotopic (exact) mass is 578 g/mol. The Hall–Kier alpha value is -4.60. The van der Waals surface area contributed by atoms with E-state index < -0.39 is 5.97 Å². The highest BCUT2D eigenvalue weighted by Gasteiger charge is 2.45. The molecular formula is C34H38N6O3. The summed E-state index contributed by atoms with van der Waals surface area (Å²) in [6, 6.07) is 25.3. The summed E-state index contributed by atoms with van der Waals surface area (Å²) < 4.78 is 7.90. The van der Waals surface area contributed by atoms with Gasteiger partial charge in [-0.05, 0) is 53.8 Å². The Bertz CT molecular complexity index is 1660. The second-order valence-electron chi connectivity index (χ2n) is 11.5.